The fourth-order valence-corrected chi connectivity index (χ4v) is 2.17. The summed E-state index contributed by atoms with van der Waals surface area (Å²) in [5, 5.41) is 10.3. The van der Waals surface area contributed by atoms with Gasteiger partial charge >= 0.3 is 0 Å². The van der Waals surface area contributed by atoms with Gasteiger partial charge in [0.2, 0.25) is 0 Å². The molecule has 0 saturated heterocycles. The molecule has 0 radical (unpaired) electrons. The van der Waals surface area contributed by atoms with Crippen LogP contribution < -0.4 is 4.74 Å². The Morgan fingerprint density at radius 1 is 1.25 bits per heavy atom. The normalized spacial score (nSPS) is 19.3. The van der Waals surface area contributed by atoms with Crippen LogP contribution in [-0.4, -0.2) is 12.2 Å². The summed E-state index contributed by atoms with van der Waals surface area (Å²) in [6, 6.07) is 4.07. The minimum atomic E-state index is -0.336. The Bertz CT molecular complexity index is 405. The Morgan fingerprint density at radius 3 is 2.38 bits per heavy atom. The van der Waals surface area contributed by atoms with E-state index in [1.165, 1.54) is 0 Å². The van der Waals surface area contributed by atoms with Crippen molar-refractivity contribution in [2.24, 2.45) is 5.41 Å². The molecule has 1 saturated carbocycles. The van der Waals surface area contributed by atoms with Crippen LogP contribution in [0.5, 0.6) is 5.75 Å². The summed E-state index contributed by atoms with van der Waals surface area (Å²) in [5.41, 5.74) is 3.36. The number of aryl methyl sites for hydroxylation is 2. The lowest BCUT2D eigenvalue weighted by Gasteiger charge is -2.21. The minimum Gasteiger partial charge on any atom is -0.496 e. The number of hydrogen-bond acceptors (Lipinski definition) is 2. The highest BCUT2D eigenvalue weighted by Crippen LogP contribution is 2.55. The summed E-state index contributed by atoms with van der Waals surface area (Å²) in [4.78, 5) is 0. The fraction of sp³-hybridized carbons (Fsp3) is 0.571. The van der Waals surface area contributed by atoms with Crippen LogP contribution in [-0.2, 0) is 0 Å². The lowest BCUT2D eigenvalue weighted by Crippen LogP contribution is -2.11. The van der Waals surface area contributed by atoms with Gasteiger partial charge in [-0.25, -0.2) is 0 Å². The summed E-state index contributed by atoms with van der Waals surface area (Å²) < 4.78 is 5.28. The van der Waals surface area contributed by atoms with Crippen LogP contribution >= 0.6 is 0 Å². The molecule has 1 aromatic carbocycles. The van der Waals surface area contributed by atoms with Crippen molar-refractivity contribution in [2.75, 3.05) is 7.11 Å². The summed E-state index contributed by atoms with van der Waals surface area (Å²) in [6.45, 7) is 6.20. The third kappa shape index (κ3) is 1.82. The lowest BCUT2D eigenvalue weighted by atomic mass is 9.90. The van der Waals surface area contributed by atoms with E-state index in [2.05, 4.69) is 13.0 Å². The van der Waals surface area contributed by atoms with E-state index in [0.717, 1.165) is 35.3 Å². The Labute approximate surface area is 97.3 Å². The van der Waals surface area contributed by atoms with E-state index in [4.69, 9.17) is 4.74 Å². The second-order valence-electron chi connectivity index (χ2n) is 5.23. The molecule has 1 atom stereocenters. The van der Waals surface area contributed by atoms with E-state index < -0.39 is 0 Å². The SMILES string of the molecule is COc1cc(C)c(C(O)C2(C)CC2)cc1C. The first-order valence-electron chi connectivity index (χ1n) is 5.81. The van der Waals surface area contributed by atoms with Gasteiger partial charge in [-0.1, -0.05) is 6.92 Å². The molecule has 0 aliphatic heterocycles. The van der Waals surface area contributed by atoms with Crippen LogP contribution in [0.2, 0.25) is 0 Å². The van der Waals surface area contributed by atoms with Crippen molar-refractivity contribution in [2.45, 2.75) is 39.7 Å². The van der Waals surface area contributed by atoms with Gasteiger partial charge in [-0.3, -0.25) is 0 Å². The molecule has 1 N–H and O–H groups in total. The predicted molar refractivity (Wildman–Crippen MR) is 64.8 cm³/mol. The zero-order valence-corrected chi connectivity index (χ0v) is 10.5. The second kappa shape index (κ2) is 3.77. The maximum absolute atomic E-state index is 10.3. The number of aliphatic hydroxyl groups excluding tert-OH is 1. The first kappa shape index (κ1) is 11.5. The second-order valence-corrected chi connectivity index (χ2v) is 5.23. The quantitative estimate of drug-likeness (QED) is 0.848. The van der Waals surface area contributed by atoms with E-state index in [9.17, 15) is 5.11 Å². The van der Waals surface area contributed by atoms with Gasteiger partial charge in [0.15, 0.2) is 0 Å². The molecule has 0 aromatic heterocycles. The lowest BCUT2D eigenvalue weighted by molar-refractivity contribution is 0.103. The maximum Gasteiger partial charge on any atom is 0.122 e. The molecule has 1 unspecified atom stereocenters. The first-order chi connectivity index (χ1) is 7.48. The molecule has 0 heterocycles. The number of aliphatic hydroxyl groups is 1. The van der Waals surface area contributed by atoms with E-state index in [1.807, 2.05) is 19.9 Å². The van der Waals surface area contributed by atoms with Crippen molar-refractivity contribution in [3.8, 4) is 5.75 Å². The summed E-state index contributed by atoms with van der Waals surface area (Å²) in [7, 11) is 1.68. The number of benzene rings is 1. The topological polar surface area (TPSA) is 29.5 Å². The Morgan fingerprint density at radius 2 is 1.88 bits per heavy atom. The van der Waals surface area contributed by atoms with Crippen LogP contribution in [0.1, 0.15) is 42.6 Å². The molecule has 1 aliphatic rings. The molecule has 2 rings (SSSR count). The molecule has 0 amide bonds. The largest absolute Gasteiger partial charge is 0.496 e. The summed E-state index contributed by atoms with van der Waals surface area (Å²) in [6.07, 6.45) is 1.91. The maximum atomic E-state index is 10.3. The van der Waals surface area contributed by atoms with Crippen molar-refractivity contribution in [1.29, 1.82) is 0 Å². The van der Waals surface area contributed by atoms with Crippen molar-refractivity contribution >= 4 is 0 Å². The van der Waals surface area contributed by atoms with Gasteiger partial charge in [-0.15, -0.1) is 0 Å². The smallest absolute Gasteiger partial charge is 0.122 e. The molecule has 0 bridgehead atoms. The Hall–Kier alpha value is -1.02. The first-order valence-corrected chi connectivity index (χ1v) is 5.81. The van der Waals surface area contributed by atoms with Crippen LogP contribution in [0.3, 0.4) is 0 Å². The van der Waals surface area contributed by atoms with Gasteiger partial charge < -0.3 is 9.84 Å². The van der Waals surface area contributed by atoms with Crippen molar-refractivity contribution in [1.82, 2.24) is 0 Å². The predicted octanol–water partition coefficient (Wildman–Crippen LogP) is 3.15. The average Bonchev–Trinajstić information content (AvgIpc) is 2.99. The van der Waals surface area contributed by atoms with Gasteiger partial charge in [0.1, 0.15) is 5.75 Å². The van der Waals surface area contributed by atoms with Gasteiger partial charge in [0.05, 0.1) is 13.2 Å². The van der Waals surface area contributed by atoms with Crippen LogP contribution in [0.4, 0.5) is 0 Å². The molecule has 2 heteroatoms. The van der Waals surface area contributed by atoms with E-state index >= 15 is 0 Å². The van der Waals surface area contributed by atoms with Crippen molar-refractivity contribution in [3.63, 3.8) is 0 Å². The van der Waals surface area contributed by atoms with Crippen LogP contribution in [0.15, 0.2) is 12.1 Å². The zero-order valence-electron chi connectivity index (χ0n) is 10.5. The monoisotopic (exact) mass is 220 g/mol. The van der Waals surface area contributed by atoms with Gasteiger partial charge in [-0.05, 0) is 60.9 Å². The number of rotatable bonds is 3. The highest BCUT2D eigenvalue weighted by Gasteiger charge is 2.45. The molecular formula is C14H20O2. The third-order valence-electron chi connectivity index (χ3n) is 3.78. The van der Waals surface area contributed by atoms with E-state index in [-0.39, 0.29) is 11.5 Å². The number of methoxy groups -OCH3 is 1. The van der Waals surface area contributed by atoms with Crippen LogP contribution in [0, 0.1) is 19.3 Å². The number of hydrogen-bond donors (Lipinski definition) is 1. The molecule has 1 aromatic rings. The zero-order chi connectivity index (χ0) is 11.9. The van der Waals surface area contributed by atoms with Gasteiger partial charge in [0.25, 0.3) is 0 Å². The summed E-state index contributed by atoms with van der Waals surface area (Å²) >= 11 is 0. The molecule has 1 aliphatic carbocycles. The standard InChI is InChI=1S/C14H20O2/c1-9-8-12(16-4)10(2)7-11(9)13(15)14(3)5-6-14/h7-8,13,15H,5-6H2,1-4H3. The van der Waals surface area contributed by atoms with Crippen LogP contribution in [0.25, 0.3) is 0 Å². The molecule has 88 valence electrons. The molecule has 0 spiro atoms. The highest BCUT2D eigenvalue weighted by atomic mass is 16.5. The Balaban J connectivity index is 2.38. The Kier molecular flexibility index (Phi) is 2.70. The third-order valence-corrected chi connectivity index (χ3v) is 3.78. The number of ether oxygens (including phenoxy) is 1. The van der Waals surface area contributed by atoms with E-state index in [1.54, 1.807) is 7.11 Å². The van der Waals surface area contributed by atoms with Gasteiger partial charge in [0, 0.05) is 0 Å². The van der Waals surface area contributed by atoms with E-state index in [0.29, 0.717) is 0 Å². The van der Waals surface area contributed by atoms with Crippen molar-refractivity contribution < 1.29 is 9.84 Å². The fourth-order valence-electron chi connectivity index (χ4n) is 2.17. The molecular weight excluding hydrogens is 200 g/mol. The molecule has 2 nitrogen and oxygen atoms in total. The molecule has 16 heavy (non-hydrogen) atoms. The molecule has 1 fully saturated rings. The van der Waals surface area contributed by atoms with Gasteiger partial charge in [-0.2, -0.15) is 0 Å². The minimum absolute atomic E-state index is 0.103. The highest BCUT2D eigenvalue weighted by molar-refractivity contribution is 5.43. The average molecular weight is 220 g/mol. The summed E-state index contributed by atoms with van der Waals surface area (Å²) in [5.74, 6) is 0.898. The van der Waals surface area contributed by atoms with Crippen molar-refractivity contribution in [3.05, 3.63) is 28.8 Å².